The summed E-state index contributed by atoms with van der Waals surface area (Å²) in [6.07, 6.45) is 0. The second kappa shape index (κ2) is 6.65. The van der Waals surface area contributed by atoms with Gasteiger partial charge in [-0.15, -0.1) is 11.3 Å². The molecule has 3 nitrogen and oxygen atoms in total. The van der Waals surface area contributed by atoms with Crippen molar-refractivity contribution in [2.45, 2.75) is 13.2 Å². The topological polar surface area (TPSA) is 44.5 Å². The van der Waals surface area contributed by atoms with Crippen molar-refractivity contribution >= 4 is 28.5 Å². The maximum atomic E-state index is 5.69. The fourth-order valence-corrected chi connectivity index (χ4v) is 2.47. The van der Waals surface area contributed by atoms with Crippen LogP contribution in [0, 0.1) is 0 Å². The lowest BCUT2D eigenvalue weighted by molar-refractivity contribution is 0.107. The molecule has 2 N–H and O–H groups in total. The van der Waals surface area contributed by atoms with Gasteiger partial charge in [-0.05, 0) is 29.6 Å². The van der Waals surface area contributed by atoms with Gasteiger partial charge in [0.1, 0.15) is 10.7 Å². The van der Waals surface area contributed by atoms with E-state index < -0.39 is 0 Å². The van der Waals surface area contributed by atoms with Gasteiger partial charge in [0.25, 0.3) is 0 Å². The summed E-state index contributed by atoms with van der Waals surface area (Å²) in [5.74, 6) is 0.783. The van der Waals surface area contributed by atoms with Gasteiger partial charge in [0.2, 0.25) is 0 Å². The van der Waals surface area contributed by atoms with Crippen molar-refractivity contribution in [3.8, 4) is 5.75 Å². The minimum atomic E-state index is 0.377. The first-order chi connectivity index (χ1) is 9.20. The first kappa shape index (κ1) is 14.0. The zero-order valence-corrected chi connectivity index (χ0v) is 12.2. The molecule has 0 saturated heterocycles. The second-order valence-electron chi connectivity index (χ2n) is 3.96. The Kier molecular flexibility index (Phi) is 4.90. The van der Waals surface area contributed by atoms with Gasteiger partial charge >= 0.3 is 0 Å². The first-order valence-corrected chi connectivity index (χ1v) is 7.06. The fraction of sp³-hybridized carbons (Fsp3) is 0.214. The number of nitrogens with two attached hydrogens (primary N) is 1. The molecule has 0 spiro atoms. The fourth-order valence-electron chi connectivity index (χ4n) is 1.70. The highest BCUT2D eigenvalue weighted by Gasteiger charge is 2.06. The molecule has 2 rings (SSSR count). The monoisotopic (exact) mass is 293 g/mol. The third-order valence-corrected chi connectivity index (χ3v) is 3.73. The van der Waals surface area contributed by atoms with E-state index in [-0.39, 0.29) is 0 Å². The summed E-state index contributed by atoms with van der Waals surface area (Å²) in [4.78, 5) is 1.58. The Morgan fingerprint density at radius 1 is 1.32 bits per heavy atom. The Morgan fingerprint density at radius 2 is 2.16 bits per heavy atom. The molecule has 0 aliphatic carbocycles. The predicted octanol–water partition coefficient (Wildman–Crippen LogP) is 3.11. The summed E-state index contributed by atoms with van der Waals surface area (Å²) in [6.45, 7) is 1.07. The number of benzene rings is 1. The minimum absolute atomic E-state index is 0.377. The van der Waals surface area contributed by atoms with Gasteiger partial charge in [-0.25, -0.2) is 0 Å². The van der Waals surface area contributed by atoms with Crippen LogP contribution < -0.4 is 10.5 Å². The maximum Gasteiger partial charge on any atom is 0.124 e. The molecule has 1 aromatic carbocycles. The molecule has 19 heavy (non-hydrogen) atoms. The van der Waals surface area contributed by atoms with E-state index in [0.29, 0.717) is 18.2 Å². The molecule has 100 valence electrons. The summed E-state index contributed by atoms with van der Waals surface area (Å²) in [6, 6.07) is 9.68. The normalized spacial score (nSPS) is 10.4. The van der Waals surface area contributed by atoms with Crippen LogP contribution in [0.1, 0.15) is 16.0 Å². The Balaban J connectivity index is 2.04. The van der Waals surface area contributed by atoms with Crippen molar-refractivity contribution in [1.29, 1.82) is 0 Å². The van der Waals surface area contributed by atoms with Crippen molar-refractivity contribution in [2.24, 2.45) is 5.73 Å². The van der Waals surface area contributed by atoms with Gasteiger partial charge in [-0.1, -0.05) is 18.3 Å². The van der Waals surface area contributed by atoms with Crippen molar-refractivity contribution in [2.75, 3.05) is 7.11 Å². The molecule has 0 unspecified atom stereocenters. The number of hydrogen-bond acceptors (Lipinski definition) is 4. The van der Waals surface area contributed by atoms with E-state index in [4.69, 9.17) is 27.4 Å². The van der Waals surface area contributed by atoms with Crippen molar-refractivity contribution in [1.82, 2.24) is 0 Å². The lowest BCUT2D eigenvalue weighted by Gasteiger charge is -2.10. The molecule has 0 bridgehead atoms. The molecule has 0 radical (unpaired) electrons. The number of rotatable bonds is 6. The summed E-state index contributed by atoms with van der Waals surface area (Å²) >= 11 is 6.66. The van der Waals surface area contributed by atoms with Crippen LogP contribution in [0.25, 0.3) is 0 Å². The molecule has 2 aromatic rings. The predicted molar refractivity (Wildman–Crippen MR) is 81.7 cm³/mol. The van der Waals surface area contributed by atoms with E-state index in [1.807, 2.05) is 35.7 Å². The highest BCUT2D eigenvalue weighted by molar-refractivity contribution is 7.80. The SMILES string of the molecule is COc1ccc(C(N)=S)cc1COCc1cccs1. The summed E-state index contributed by atoms with van der Waals surface area (Å²) in [5, 5.41) is 2.03. The number of hydrogen-bond donors (Lipinski definition) is 1. The van der Waals surface area contributed by atoms with E-state index >= 15 is 0 Å². The zero-order valence-electron chi connectivity index (χ0n) is 10.6. The van der Waals surface area contributed by atoms with Crippen LogP contribution in [0.3, 0.4) is 0 Å². The Hall–Kier alpha value is -1.43. The van der Waals surface area contributed by atoms with Crippen LogP contribution in [0.5, 0.6) is 5.75 Å². The molecule has 0 amide bonds. The Labute approximate surface area is 122 Å². The van der Waals surface area contributed by atoms with Crippen molar-refractivity contribution in [3.05, 3.63) is 51.7 Å². The van der Waals surface area contributed by atoms with E-state index in [1.54, 1.807) is 18.4 Å². The van der Waals surface area contributed by atoms with Gasteiger partial charge in [0.05, 0.1) is 20.3 Å². The molecule has 0 saturated carbocycles. The Bertz CT molecular complexity index is 553. The molecule has 0 aliphatic rings. The van der Waals surface area contributed by atoms with Crippen LogP contribution in [-0.4, -0.2) is 12.1 Å². The van der Waals surface area contributed by atoms with Crippen LogP contribution >= 0.6 is 23.6 Å². The summed E-state index contributed by atoms with van der Waals surface area (Å²) in [7, 11) is 1.64. The average Bonchev–Trinajstić information content (AvgIpc) is 2.91. The highest BCUT2D eigenvalue weighted by atomic mass is 32.1. The number of thiocarbonyl (C=S) groups is 1. The largest absolute Gasteiger partial charge is 0.496 e. The van der Waals surface area contributed by atoms with Gasteiger partial charge < -0.3 is 15.2 Å². The van der Waals surface area contributed by atoms with Crippen molar-refractivity contribution in [3.63, 3.8) is 0 Å². The van der Waals surface area contributed by atoms with E-state index in [1.165, 1.54) is 4.88 Å². The smallest absolute Gasteiger partial charge is 0.124 e. The second-order valence-corrected chi connectivity index (χ2v) is 5.44. The number of methoxy groups -OCH3 is 1. The third-order valence-electron chi connectivity index (χ3n) is 2.65. The van der Waals surface area contributed by atoms with Gasteiger partial charge in [-0.2, -0.15) is 0 Å². The van der Waals surface area contributed by atoms with Crippen LogP contribution in [0.15, 0.2) is 35.7 Å². The molecule has 0 fully saturated rings. The third kappa shape index (κ3) is 3.76. The first-order valence-electron chi connectivity index (χ1n) is 5.77. The molecular weight excluding hydrogens is 278 g/mol. The van der Waals surface area contributed by atoms with Crippen LogP contribution in [-0.2, 0) is 18.0 Å². The van der Waals surface area contributed by atoms with Crippen LogP contribution in [0.2, 0.25) is 0 Å². The Morgan fingerprint density at radius 3 is 2.79 bits per heavy atom. The average molecular weight is 293 g/mol. The number of ether oxygens (including phenoxy) is 2. The number of thiophene rings is 1. The van der Waals surface area contributed by atoms with E-state index in [0.717, 1.165) is 16.9 Å². The standard InChI is InChI=1S/C14H15NO2S2/c1-16-13-5-4-10(14(15)18)7-11(13)8-17-9-12-3-2-6-19-12/h2-7H,8-9H2,1H3,(H2,15,18). The maximum absolute atomic E-state index is 5.69. The summed E-state index contributed by atoms with van der Waals surface area (Å²) < 4.78 is 11.0. The quantitative estimate of drug-likeness (QED) is 0.831. The lowest BCUT2D eigenvalue weighted by Crippen LogP contribution is -2.10. The molecule has 0 aliphatic heterocycles. The lowest BCUT2D eigenvalue weighted by atomic mass is 10.1. The van der Waals surface area contributed by atoms with Gasteiger partial charge in [0, 0.05) is 16.0 Å². The van der Waals surface area contributed by atoms with E-state index in [2.05, 4.69) is 0 Å². The van der Waals surface area contributed by atoms with E-state index in [9.17, 15) is 0 Å². The van der Waals surface area contributed by atoms with Crippen molar-refractivity contribution < 1.29 is 9.47 Å². The van der Waals surface area contributed by atoms with Gasteiger partial charge in [-0.3, -0.25) is 0 Å². The molecule has 0 atom stereocenters. The minimum Gasteiger partial charge on any atom is -0.496 e. The zero-order chi connectivity index (χ0) is 13.7. The van der Waals surface area contributed by atoms with Crippen LogP contribution in [0.4, 0.5) is 0 Å². The molecule has 1 heterocycles. The molecule has 5 heteroatoms. The highest BCUT2D eigenvalue weighted by Crippen LogP contribution is 2.21. The molecular formula is C14H15NO2S2. The summed E-state index contributed by atoms with van der Waals surface area (Å²) in [5.41, 5.74) is 7.40. The molecule has 1 aromatic heterocycles. The van der Waals surface area contributed by atoms with Gasteiger partial charge in [0.15, 0.2) is 0 Å².